The molecular formula is C17H24N4O2. The Bertz CT molecular complexity index is 632. The summed E-state index contributed by atoms with van der Waals surface area (Å²) in [6.45, 7) is 6.08. The number of aryl methyl sites for hydroxylation is 1. The fourth-order valence-electron chi connectivity index (χ4n) is 2.28. The molecule has 0 aliphatic carbocycles. The lowest BCUT2D eigenvalue weighted by Crippen LogP contribution is -2.35. The van der Waals surface area contributed by atoms with Gasteiger partial charge in [-0.2, -0.15) is 5.10 Å². The predicted octanol–water partition coefficient (Wildman–Crippen LogP) is 1.80. The number of nitrogens with one attached hydrogen (secondary N) is 1. The Morgan fingerprint density at radius 3 is 2.87 bits per heavy atom. The smallest absolute Gasteiger partial charge is 0.251 e. The highest BCUT2D eigenvalue weighted by atomic mass is 16.3. The third kappa shape index (κ3) is 5.83. The number of hydrogen-bond donors (Lipinski definition) is 2. The van der Waals surface area contributed by atoms with Gasteiger partial charge in [-0.3, -0.25) is 9.48 Å². The fraction of sp³-hybridized carbons (Fsp3) is 0.471. The van der Waals surface area contributed by atoms with E-state index in [-0.39, 0.29) is 11.9 Å². The van der Waals surface area contributed by atoms with E-state index in [1.807, 2.05) is 25.1 Å². The molecule has 2 aromatic rings. The Kier molecular flexibility index (Phi) is 5.50. The molecule has 2 rings (SSSR count). The van der Waals surface area contributed by atoms with E-state index in [0.717, 1.165) is 12.0 Å². The zero-order valence-corrected chi connectivity index (χ0v) is 13.9. The largest absolute Gasteiger partial charge is 0.390 e. The van der Waals surface area contributed by atoms with E-state index >= 15 is 0 Å². The molecular weight excluding hydrogens is 292 g/mol. The first-order valence-corrected chi connectivity index (χ1v) is 7.78. The topological polar surface area (TPSA) is 80.0 Å². The predicted molar refractivity (Wildman–Crippen MR) is 88.0 cm³/mol. The third-order valence-corrected chi connectivity index (χ3v) is 3.52. The van der Waals surface area contributed by atoms with Crippen LogP contribution in [0, 0.1) is 0 Å². The van der Waals surface area contributed by atoms with Crippen molar-refractivity contribution in [2.45, 2.75) is 51.8 Å². The average Bonchev–Trinajstić information content (AvgIpc) is 2.97. The van der Waals surface area contributed by atoms with Gasteiger partial charge in [-0.15, -0.1) is 0 Å². The van der Waals surface area contributed by atoms with Crippen molar-refractivity contribution in [3.63, 3.8) is 0 Å². The number of aromatic nitrogens is 3. The quantitative estimate of drug-likeness (QED) is 0.816. The average molecular weight is 316 g/mol. The molecule has 1 aromatic carbocycles. The molecule has 0 unspecified atom stereocenters. The summed E-state index contributed by atoms with van der Waals surface area (Å²) in [6.07, 6.45) is 4.49. The van der Waals surface area contributed by atoms with Gasteiger partial charge in [-0.05, 0) is 51.3 Å². The second-order valence-corrected chi connectivity index (χ2v) is 6.50. The van der Waals surface area contributed by atoms with Gasteiger partial charge < -0.3 is 10.4 Å². The standard InChI is InChI=1S/C17H24N4O2/c1-13(10-21-12-18-11-19-21)20-16(22)15-6-4-5-14(9-15)7-8-17(2,3)23/h4-6,9,11-13,23H,7-8,10H2,1-3H3,(H,20,22)/t13-/m1/s1. The fourth-order valence-corrected chi connectivity index (χ4v) is 2.28. The molecule has 0 radical (unpaired) electrons. The number of amides is 1. The minimum atomic E-state index is -0.704. The molecule has 0 saturated heterocycles. The van der Waals surface area contributed by atoms with Gasteiger partial charge in [-0.1, -0.05) is 12.1 Å². The summed E-state index contributed by atoms with van der Waals surface area (Å²) in [4.78, 5) is 16.2. The van der Waals surface area contributed by atoms with Gasteiger partial charge in [0.25, 0.3) is 5.91 Å². The van der Waals surface area contributed by atoms with E-state index in [2.05, 4.69) is 15.4 Å². The molecule has 1 atom stereocenters. The van der Waals surface area contributed by atoms with Crippen LogP contribution in [0.2, 0.25) is 0 Å². The van der Waals surface area contributed by atoms with Crippen molar-refractivity contribution in [1.29, 1.82) is 0 Å². The van der Waals surface area contributed by atoms with E-state index in [1.165, 1.54) is 6.33 Å². The summed E-state index contributed by atoms with van der Waals surface area (Å²) in [7, 11) is 0. The maximum Gasteiger partial charge on any atom is 0.251 e. The first-order valence-electron chi connectivity index (χ1n) is 7.78. The van der Waals surface area contributed by atoms with Crippen molar-refractivity contribution in [1.82, 2.24) is 20.1 Å². The first kappa shape index (κ1) is 17.1. The maximum absolute atomic E-state index is 12.3. The lowest BCUT2D eigenvalue weighted by Gasteiger charge is -2.17. The molecule has 1 aromatic heterocycles. The van der Waals surface area contributed by atoms with Crippen LogP contribution in [-0.2, 0) is 13.0 Å². The molecule has 0 saturated carbocycles. The van der Waals surface area contributed by atoms with Gasteiger partial charge >= 0.3 is 0 Å². The van der Waals surface area contributed by atoms with Gasteiger partial charge in [0, 0.05) is 11.6 Å². The SMILES string of the molecule is C[C@H](Cn1cncn1)NC(=O)c1cccc(CCC(C)(C)O)c1. The number of benzene rings is 1. The second-order valence-electron chi connectivity index (χ2n) is 6.50. The zero-order chi connectivity index (χ0) is 16.9. The van der Waals surface area contributed by atoms with Gasteiger partial charge in [0.2, 0.25) is 0 Å². The minimum absolute atomic E-state index is 0.0516. The van der Waals surface area contributed by atoms with E-state index in [9.17, 15) is 9.90 Å². The van der Waals surface area contributed by atoms with Gasteiger partial charge in [0.1, 0.15) is 12.7 Å². The van der Waals surface area contributed by atoms with Crippen LogP contribution >= 0.6 is 0 Å². The second kappa shape index (κ2) is 7.37. The lowest BCUT2D eigenvalue weighted by molar-refractivity contribution is 0.0714. The van der Waals surface area contributed by atoms with Crippen LogP contribution in [0.3, 0.4) is 0 Å². The van der Waals surface area contributed by atoms with Crippen LogP contribution in [0.1, 0.15) is 43.1 Å². The van der Waals surface area contributed by atoms with Crippen molar-refractivity contribution in [3.8, 4) is 0 Å². The van der Waals surface area contributed by atoms with Crippen molar-refractivity contribution < 1.29 is 9.90 Å². The van der Waals surface area contributed by atoms with E-state index in [0.29, 0.717) is 18.5 Å². The summed E-state index contributed by atoms with van der Waals surface area (Å²) in [5.41, 5.74) is 0.970. The maximum atomic E-state index is 12.3. The van der Waals surface area contributed by atoms with Crippen LogP contribution in [0.15, 0.2) is 36.9 Å². The Hall–Kier alpha value is -2.21. The number of aliphatic hydroxyl groups is 1. The Labute approximate surface area is 136 Å². The van der Waals surface area contributed by atoms with E-state index in [1.54, 1.807) is 30.9 Å². The third-order valence-electron chi connectivity index (χ3n) is 3.52. The molecule has 0 spiro atoms. The van der Waals surface area contributed by atoms with Crippen LogP contribution in [0.25, 0.3) is 0 Å². The summed E-state index contributed by atoms with van der Waals surface area (Å²) in [6, 6.07) is 7.47. The molecule has 0 fully saturated rings. The molecule has 0 bridgehead atoms. The Balaban J connectivity index is 1.93. The van der Waals surface area contributed by atoms with Gasteiger partial charge in [0.15, 0.2) is 0 Å². The molecule has 124 valence electrons. The van der Waals surface area contributed by atoms with Crippen molar-refractivity contribution in [2.75, 3.05) is 0 Å². The monoisotopic (exact) mass is 316 g/mol. The molecule has 0 aliphatic heterocycles. The molecule has 6 nitrogen and oxygen atoms in total. The summed E-state index contributed by atoms with van der Waals surface area (Å²) in [5.74, 6) is -0.109. The highest BCUT2D eigenvalue weighted by molar-refractivity contribution is 5.94. The van der Waals surface area contributed by atoms with Crippen molar-refractivity contribution in [2.24, 2.45) is 0 Å². The number of carbonyl (C=O) groups is 1. The molecule has 1 heterocycles. The zero-order valence-electron chi connectivity index (χ0n) is 13.9. The number of hydrogen-bond acceptors (Lipinski definition) is 4. The number of carbonyl (C=O) groups excluding carboxylic acids is 1. The molecule has 0 aliphatic rings. The van der Waals surface area contributed by atoms with Gasteiger partial charge in [0.05, 0.1) is 12.1 Å². The first-order chi connectivity index (χ1) is 10.8. The summed E-state index contributed by atoms with van der Waals surface area (Å²) < 4.78 is 1.69. The summed E-state index contributed by atoms with van der Waals surface area (Å²) in [5, 5.41) is 16.8. The molecule has 23 heavy (non-hydrogen) atoms. The lowest BCUT2D eigenvalue weighted by atomic mass is 9.98. The van der Waals surface area contributed by atoms with Crippen LogP contribution in [-0.4, -0.2) is 37.4 Å². The van der Waals surface area contributed by atoms with Crippen LogP contribution < -0.4 is 5.32 Å². The van der Waals surface area contributed by atoms with Crippen LogP contribution in [0.5, 0.6) is 0 Å². The molecule has 6 heteroatoms. The highest BCUT2D eigenvalue weighted by Crippen LogP contribution is 2.14. The normalized spacial score (nSPS) is 12.9. The van der Waals surface area contributed by atoms with Crippen molar-refractivity contribution >= 4 is 5.91 Å². The van der Waals surface area contributed by atoms with Crippen molar-refractivity contribution in [3.05, 3.63) is 48.0 Å². The van der Waals surface area contributed by atoms with E-state index in [4.69, 9.17) is 0 Å². The minimum Gasteiger partial charge on any atom is -0.390 e. The van der Waals surface area contributed by atoms with Crippen LogP contribution in [0.4, 0.5) is 0 Å². The van der Waals surface area contributed by atoms with E-state index < -0.39 is 5.60 Å². The molecule has 1 amide bonds. The Morgan fingerprint density at radius 2 is 2.22 bits per heavy atom. The molecule has 2 N–H and O–H groups in total. The summed E-state index contributed by atoms with van der Waals surface area (Å²) >= 11 is 0. The Morgan fingerprint density at radius 1 is 1.43 bits per heavy atom. The number of rotatable bonds is 7. The number of nitrogens with zero attached hydrogens (tertiary/aromatic N) is 3. The highest BCUT2D eigenvalue weighted by Gasteiger charge is 2.14. The van der Waals surface area contributed by atoms with Gasteiger partial charge in [-0.25, -0.2) is 4.98 Å².